The van der Waals surface area contributed by atoms with Crippen molar-refractivity contribution < 1.29 is 14.7 Å². The van der Waals surface area contributed by atoms with Crippen LogP contribution in [0.3, 0.4) is 0 Å². The smallest absolute Gasteiger partial charge is 0.326 e. The van der Waals surface area contributed by atoms with Crippen LogP contribution in [0.15, 0.2) is 0 Å². The van der Waals surface area contributed by atoms with Gasteiger partial charge in [0.25, 0.3) is 0 Å². The molecule has 1 aliphatic rings. The van der Waals surface area contributed by atoms with Crippen LogP contribution in [0, 0.1) is 5.92 Å². The zero-order valence-electron chi connectivity index (χ0n) is 9.85. The lowest BCUT2D eigenvalue weighted by Gasteiger charge is -2.24. The average molecular weight is 228 g/mol. The molecule has 1 saturated heterocycles. The molecule has 16 heavy (non-hydrogen) atoms. The van der Waals surface area contributed by atoms with E-state index in [2.05, 4.69) is 0 Å². The first kappa shape index (κ1) is 13.0. The summed E-state index contributed by atoms with van der Waals surface area (Å²) in [6.45, 7) is 4.45. The summed E-state index contributed by atoms with van der Waals surface area (Å²) in [4.78, 5) is 24.2. The van der Waals surface area contributed by atoms with E-state index in [1.54, 1.807) is 0 Å². The van der Waals surface area contributed by atoms with Crippen LogP contribution in [0.5, 0.6) is 0 Å². The van der Waals surface area contributed by atoms with Gasteiger partial charge >= 0.3 is 5.97 Å². The highest BCUT2D eigenvalue weighted by Crippen LogP contribution is 2.19. The molecule has 3 N–H and O–H groups in total. The fourth-order valence-electron chi connectivity index (χ4n) is 1.88. The summed E-state index contributed by atoms with van der Waals surface area (Å²) in [5, 5.41) is 8.95. The molecule has 0 aliphatic carbocycles. The first-order valence-corrected chi connectivity index (χ1v) is 5.71. The summed E-state index contributed by atoms with van der Waals surface area (Å²) in [5.41, 5.74) is 5.81. The van der Waals surface area contributed by atoms with E-state index in [1.165, 1.54) is 4.90 Å². The summed E-state index contributed by atoms with van der Waals surface area (Å²) in [6.07, 6.45) is 1.55. The van der Waals surface area contributed by atoms with E-state index in [0.717, 1.165) is 6.42 Å². The Morgan fingerprint density at radius 3 is 2.62 bits per heavy atom. The Morgan fingerprint density at radius 1 is 1.50 bits per heavy atom. The Labute approximate surface area is 95.6 Å². The Kier molecular flexibility index (Phi) is 4.29. The Bertz CT molecular complexity index is 278. The summed E-state index contributed by atoms with van der Waals surface area (Å²) in [7, 11) is 0. The van der Waals surface area contributed by atoms with Crippen LogP contribution in [0.25, 0.3) is 0 Å². The molecule has 0 saturated carbocycles. The van der Waals surface area contributed by atoms with Gasteiger partial charge in [-0.05, 0) is 18.8 Å². The Morgan fingerprint density at radius 2 is 2.12 bits per heavy atom. The Balaban J connectivity index is 2.56. The summed E-state index contributed by atoms with van der Waals surface area (Å²) < 4.78 is 0. The number of likely N-dealkylation sites (tertiary alicyclic amines) is 1. The van der Waals surface area contributed by atoms with Crippen LogP contribution < -0.4 is 5.73 Å². The molecule has 1 fully saturated rings. The lowest BCUT2D eigenvalue weighted by atomic mass is 10.0. The molecule has 1 aliphatic heterocycles. The maximum absolute atomic E-state index is 11.9. The largest absolute Gasteiger partial charge is 0.480 e. The van der Waals surface area contributed by atoms with Gasteiger partial charge in [0.1, 0.15) is 6.04 Å². The van der Waals surface area contributed by atoms with Gasteiger partial charge in [0, 0.05) is 19.0 Å². The minimum atomic E-state index is -0.913. The van der Waals surface area contributed by atoms with Gasteiger partial charge in [-0.25, -0.2) is 4.79 Å². The predicted molar refractivity (Wildman–Crippen MR) is 59.8 cm³/mol. The zero-order valence-corrected chi connectivity index (χ0v) is 9.85. The molecule has 1 heterocycles. The summed E-state index contributed by atoms with van der Waals surface area (Å²) in [5.74, 6) is -0.815. The molecule has 0 aromatic carbocycles. The number of hydrogen-bond acceptors (Lipinski definition) is 3. The third-order valence-corrected chi connectivity index (χ3v) is 3.12. The number of carboxylic acid groups (broad SMARTS) is 1. The molecule has 1 unspecified atom stereocenters. The third-order valence-electron chi connectivity index (χ3n) is 3.12. The second-order valence-corrected chi connectivity index (χ2v) is 4.70. The molecule has 0 aromatic heterocycles. The molecule has 0 aromatic rings. The van der Waals surface area contributed by atoms with Gasteiger partial charge in [-0.15, -0.1) is 0 Å². The van der Waals surface area contributed by atoms with Crippen molar-refractivity contribution in [1.82, 2.24) is 4.90 Å². The van der Waals surface area contributed by atoms with Gasteiger partial charge in [0.05, 0.1) is 0 Å². The van der Waals surface area contributed by atoms with Crippen molar-refractivity contribution in [1.29, 1.82) is 0 Å². The first-order chi connectivity index (χ1) is 7.43. The van der Waals surface area contributed by atoms with Gasteiger partial charge < -0.3 is 15.7 Å². The number of nitrogens with two attached hydrogens (primary N) is 1. The number of carboxylic acids is 1. The highest BCUT2D eigenvalue weighted by Gasteiger charge is 2.34. The third kappa shape index (κ3) is 2.95. The number of rotatable bonds is 4. The van der Waals surface area contributed by atoms with Crippen molar-refractivity contribution in [2.75, 3.05) is 6.54 Å². The number of hydrogen-bond donors (Lipinski definition) is 2. The van der Waals surface area contributed by atoms with Crippen LogP contribution in [0.2, 0.25) is 0 Å². The molecule has 1 amide bonds. The standard InChI is InChI=1S/C11H20N2O3/c1-7(2)8(12)6-10(14)13-5-3-4-9(13)11(15)16/h7-9H,3-6,12H2,1-2H3,(H,15,16)/t8?,9-/m0/s1. The number of amides is 1. The number of nitrogens with zero attached hydrogens (tertiary/aromatic N) is 1. The van der Waals surface area contributed by atoms with Crippen molar-refractivity contribution in [2.45, 2.75) is 45.2 Å². The highest BCUT2D eigenvalue weighted by molar-refractivity contribution is 5.84. The minimum Gasteiger partial charge on any atom is -0.480 e. The van der Waals surface area contributed by atoms with Gasteiger partial charge in [-0.2, -0.15) is 0 Å². The molecule has 5 heteroatoms. The van der Waals surface area contributed by atoms with E-state index in [9.17, 15) is 9.59 Å². The van der Waals surface area contributed by atoms with Crippen LogP contribution in [0.1, 0.15) is 33.1 Å². The van der Waals surface area contributed by atoms with Crippen molar-refractivity contribution in [2.24, 2.45) is 11.7 Å². The number of carbonyl (C=O) groups is 2. The quantitative estimate of drug-likeness (QED) is 0.731. The van der Waals surface area contributed by atoms with Crippen molar-refractivity contribution in [3.05, 3.63) is 0 Å². The van der Waals surface area contributed by atoms with Crippen LogP contribution >= 0.6 is 0 Å². The normalized spacial score (nSPS) is 22.5. The average Bonchev–Trinajstić information content (AvgIpc) is 2.65. The summed E-state index contributed by atoms with van der Waals surface area (Å²) >= 11 is 0. The van der Waals surface area contributed by atoms with Gasteiger partial charge in [0.2, 0.25) is 5.91 Å². The lowest BCUT2D eigenvalue weighted by molar-refractivity contribution is -0.148. The molecular formula is C11H20N2O3. The monoisotopic (exact) mass is 228 g/mol. The zero-order chi connectivity index (χ0) is 12.3. The fourth-order valence-corrected chi connectivity index (χ4v) is 1.88. The first-order valence-electron chi connectivity index (χ1n) is 5.71. The topological polar surface area (TPSA) is 83.6 Å². The molecule has 92 valence electrons. The van der Waals surface area contributed by atoms with E-state index < -0.39 is 12.0 Å². The van der Waals surface area contributed by atoms with E-state index in [4.69, 9.17) is 10.8 Å². The van der Waals surface area contributed by atoms with E-state index in [0.29, 0.717) is 13.0 Å². The van der Waals surface area contributed by atoms with Crippen LogP contribution in [-0.4, -0.2) is 40.5 Å². The fraction of sp³-hybridized carbons (Fsp3) is 0.818. The van der Waals surface area contributed by atoms with E-state index in [1.807, 2.05) is 13.8 Å². The van der Waals surface area contributed by atoms with Crippen molar-refractivity contribution in [3.8, 4) is 0 Å². The van der Waals surface area contributed by atoms with Gasteiger partial charge in [-0.3, -0.25) is 4.79 Å². The van der Waals surface area contributed by atoms with Crippen LogP contribution in [0.4, 0.5) is 0 Å². The molecule has 5 nitrogen and oxygen atoms in total. The maximum atomic E-state index is 11.9. The van der Waals surface area contributed by atoms with Gasteiger partial charge in [0.15, 0.2) is 0 Å². The molecule has 0 radical (unpaired) electrons. The molecule has 2 atom stereocenters. The van der Waals surface area contributed by atoms with E-state index in [-0.39, 0.29) is 24.3 Å². The highest BCUT2D eigenvalue weighted by atomic mass is 16.4. The van der Waals surface area contributed by atoms with Crippen LogP contribution in [-0.2, 0) is 9.59 Å². The van der Waals surface area contributed by atoms with Crippen molar-refractivity contribution >= 4 is 11.9 Å². The van der Waals surface area contributed by atoms with Gasteiger partial charge in [-0.1, -0.05) is 13.8 Å². The second kappa shape index (κ2) is 5.30. The molecular weight excluding hydrogens is 208 g/mol. The molecule has 1 rings (SSSR count). The Hall–Kier alpha value is -1.10. The SMILES string of the molecule is CC(C)C(N)CC(=O)N1CCC[C@H]1C(=O)O. The molecule has 0 spiro atoms. The number of aliphatic carboxylic acids is 1. The number of carbonyl (C=O) groups excluding carboxylic acids is 1. The predicted octanol–water partition coefficient (Wildman–Crippen LogP) is 0.435. The lowest BCUT2D eigenvalue weighted by Crippen LogP contribution is -2.43. The maximum Gasteiger partial charge on any atom is 0.326 e. The molecule has 0 bridgehead atoms. The van der Waals surface area contributed by atoms with E-state index >= 15 is 0 Å². The summed E-state index contributed by atoms with van der Waals surface area (Å²) in [6, 6.07) is -0.839. The van der Waals surface area contributed by atoms with Crippen molar-refractivity contribution in [3.63, 3.8) is 0 Å². The second-order valence-electron chi connectivity index (χ2n) is 4.70. The minimum absolute atomic E-state index is 0.133.